The van der Waals surface area contributed by atoms with Crippen LogP contribution >= 0.6 is 11.6 Å². The van der Waals surface area contributed by atoms with E-state index >= 15 is 0 Å². The number of rotatable bonds is 4. The number of anilines is 1. The number of carbonyl (C=O) groups is 1. The van der Waals surface area contributed by atoms with Crippen molar-refractivity contribution in [1.29, 1.82) is 0 Å². The minimum absolute atomic E-state index is 0.0136. The molecule has 0 aromatic heterocycles. The van der Waals surface area contributed by atoms with Gasteiger partial charge >= 0.3 is 0 Å². The van der Waals surface area contributed by atoms with E-state index < -0.39 is 4.92 Å². The molecule has 2 aliphatic rings. The zero-order chi connectivity index (χ0) is 18.8. The number of nitro groups is 1. The molecule has 26 heavy (non-hydrogen) atoms. The molecule has 1 atom stereocenters. The Kier molecular flexibility index (Phi) is 5.67. The van der Waals surface area contributed by atoms with Gasteiger partial charge in [0.05, 0.1) is 21.7 Å². The first kappa shape index (κ1) is 18.9. The van der Waals surface area contributed by atoms with Crippen LogP contribution in [-0.2, 0) is 4.79 Å². The van der Waals surface area contributed by atoms with Crippen LogP contribution in [0.25, 0.3) is 0 Å². The molecule has 1 aromatic carbocycles. The highest BCUT2D eigenvalue weighted by molar-refractivity contribution is 6.33. The van der Waals surface area contributed by atoms with Crippen molar-refractivity contribution in [3.8, 4) is 0 Å². The number of non-ortho nitro benzene ring substituents is 1. The van der Waals surface area contributed by atoms with E-state index in [2.05, 4.69) is 9.80 Å². The molecule has 2 fully saturated rings. The molecular weight excluding hydrogens is 356 g/mol. The molecular formula is C18H25ClN4O3. The summed E-state index contributed by atoms with van der Waals surface area (Å²) in [6.45, 7) is 8.62. The van der Waals surface area contributed by atoms with Crippen molar-refractivity contribution >= 4 is 28.9 Å². The second-order valence-electron chi connectivity index (χ2n) is 7.08. The Balaban J connectivity index is 1.65. The average molecular weight is 381 g/mol. The molecule has 0 spiro atoms. The van der Waals surface area contributed by atoms with Crippen LogP contribution in [0.3, 0.4) is 0 Å². The van der Waals surface area contributed by atoms with Crippen LogP contribution in [-0.4, -0.2) is 65.9 Å². The summed E-state index contributed by atoms with van der Waals surface area (Å²) in [4.78, 5) is 29.5. The Labute approximate surface area is 158 Å². The lowest BCUT2D eigenvalue weighted by Crippen LogP contribution is -2.54. The molecule has 142 valence electrons. The number of nitro benzene ring substituents is 1. The molecule has 3 rings (SSSR count). The number of amides is 1. The van der Waals surface area contributed by atoms with Crippen LogP contribution in [0.5, 0.6) is 0 Å². The van der Waals surface area contributed by atoms with Crippen LogP contribution in [0.15, 0.2) is 12.1 Å². The molecule has 0 aliphatic carbocycles. The van der Waals surface area contributed by atoms with E-state index in [9.17, 15) is 14.9 Å². The highest BCUT2D eigenvalue weighted by atomic mass is 35.5. The van der Waals surface area contributed by atoms with Crippen LogP contribution in [0.2, 0.25) is 5.02 Å². The smallest absolute Gasteiger partial charge is 0.271 e. The van der Waals surface area contributed by atoms with E-state index in [-0.39, 0.29) is 17.6 Å². The fraction of sp³-hybridized carbons (Fsp3) is 0.611. The Morgan fingerprint density at radius 3 is 2.31 bits per heavy atom. The van der Waals surface area contributed by atoms with Crippen molar-refractivity contribution in [2.45, 2.75) is 32.7 Å². The maximum Gasteiger partial charge on any atom is 0.271 e. The van der Waals surface area contributed by atoms with Gasteiger partial charge in [-0.2, -0.15) is 0 Å². The number of halogens is 1. The average Bonchev–Trinajstić information content (AvgIpc) is 3.15. The van der Waals surface area contributed by atoms with Crippen LogP contribution in [0, 0.1) is 17.0 Å². The molecule has 7 nitrogen and oxygen atoms in total. The SMILES string of the molecule is Cc1cc([N+](=O)[O-])cc(Cl)c1N1CCN(C(C)C(=O)N2CCCC2)CC1. The number of carbonyl (C=O) groups excluding carboxylic acids is 1. The third-order valence-corrected chi connectivity index (χ3v) is 5.69. The zero-order valence-electron chi connectivity index (χ0n) is 15.3. The van der Waals surface area contributed by atoms with Gasteiger partial charge in [-0.3, -0.25) is 19.8 Å². The Bertz CT molecular complexity index is 675. The van der Waals surface area contributed by atoms with E-state index in [0.29, 0.717) is 5.02 Å². The first-order valence-corrected chi connectivity index (χ1v) is 9.48. The summed E-state index contributed by atoms with van der Waals surface area (Å²) >= 11 is 6.33. The summed E-state index contributed by atoms with van der Waals surface area (Å²) in [6, 6.07) is 2.87. The van der Waals surface area contributed by atoms with Gasteiger partial charge in [-0.15, -0.1) is 0 Å². The Hall–Kier alpha value is -1.86. The summed E-state index contributed by atoms with van der Waals surface area (Å²) in [5.41, 5.74) is 1.67. The fourth-order valence-electron chi connectivity index (χ4n) is 3.92. The van der Waals surface area contributed by atoms with Crippen LogP contribution < -0.4 is 4.90 Å². The molecule has 1 amide bonds. The minimum atomic E-state index is -0.424. The maximum atomic E-state index is 12.6. The summed E-state index contributed by atoms with van der Waals surface area (Å²) in [7, 11) is 0. The summed E-state index contributed by atoms with van der Waals surface area (Å²) in [5, 5.41) is 11.4. The Morgan fingerprint density at radius 1 is 1.15 bits per heavy atom. The lowest BCUT2D eigenvalue weighted by Gasteiger charge is -2.40. The molecule has 1 aromatic rings. The quantitative estimate of drug-likeness (QED) is 0.593. The van der Waals surface area contributed by atoms with Gasteiger partial charge in [-0.25, -0.2) is 0 Å². The standard InChI is InChI=1S/C18H25ClN4O3/c1-13-11-15(23(25)26)12-16(19)17(13)21-9-7-20(8-10-21)14(2)18(24)22-5-3-4-6-22/h11-12,14H,3-10H2,1-2H3. The van der Waals surface area contributed by atoms with E-state index in [1.807, 2.05) is 18.7 Å². The number of nitrogens with zero attached hydrogens (tertiary/aromatic N) is 4. The summed E-state index contributed by atoms with van der Waals surface area (Å²) < 4.78 is 0. The van der Waals surface area contributed by atoms with Crippen molar-refractivity contribution in [3.05, 3.63) is 32.8 Å². The van der Waals surface area contributed by atoms with E-state index in [4.69, 9.17) is 11.6 Å². The number of likely N-dealkylation sites (tertiary alicyclic amines) is 1. The number of hydrogen-bond donors (Lipinski definition) is 0. The molecule has 2 saturated heterocycles. The third-order valence-electron chi connectivity index (χ3n) is 5.40. The van der Waals surface area contributed by atoms with Gasteiger partial charge in [0.25, 0.3) is 5.69 Å². The second-order valence-corrected chi connectivity index (χ2v) is 7.49. The predicted octanol–water partition coefficient (Wildman–Crippen LogP) is 2.69. The van der Waals surface area contributed by atoms with E-state index in [1.54, 1.807) is 6.07 Å². The second kappa shape index (κ2) is 7.80. The van der Waals surface area contributed by atoms with Gasteiger partial charge in [0.1, 0.15) is 0 Å². The monoisotopic (exact) mass is 380 g/mol. The molecule has 0 bridgehead atoms. The van der Waals surface area contributed by atoms with Gasteiger partial charge in [0.15, 0.2) is 0 Å². The fourth-order valence-corrected chi connectivity index (χ4v) is 4.30. The molecule has 8 heteroatoms. The maximum absolute atomic E-state index is 12.6. The van der Waals surface area contributed by atoms with Crippen molar-refractivity contribution in [3.63, 3.8) is 0 Å². The highest BCUT2D eigenvalue weighted by Gasteiger charge is 2.30. The summed E-state index contributed by atoms with van der Waals surface area (Å²) in [6.07, 6.45) is 2.20. The first-order valence-electron chi connectivity index (χ1n) is 9.11. The molecule has 2 aliphatic heterocycles. The molecule has 0 N–H and O–H groups in total. The molecule has 2 heterocycles. The zero-order valence-corrected chi connectivity index (χ0v) is 16.0. The normalized spacial score (nSPS) is 19.7. The van der Waals surface area contributed by atoms with E-state index in [1.165, 1.54) is 6.07 Å². The van der Waals surface area contributed by atoms with Gasteiger partial charge in [-0.05, 0) is 32.3 Å². The first-order chi connectivity index (χ1) is 12.4. The van der Waals surface area contributed by atoms with Gasteiger partial charge in [-0.1, -0.05) is 11.6 Å². The predicted molar refractivity (Wildman–Crippen MR) is 102 cm³/mol. The van der Waals surface area contributed by atoms with Gasteiger partial charge in [0.2, 0.25) is 5.91 Å². The number of piperazine rings is 1. The lowest BCUT2D eigenvalue weighted by atomic mass is 10.1. The topological polar surface area (TPSA) is 69.9 Å². The van der Waals surface area contributed by atoms with Gasteiger partial charge in [0, 0.05) is 51.4 Å². The van der Waals surface area contributed by atoms with Crippen LogP contribution in [0.1, 0.15) is 25.3 Å². The van der Waals surface area contributed by atoms with Crippen LogP contribution in [0.4, 0.5) is 11.4 Å². The lowest BCUT2D eigenvalue weighted by molar-refractivity contribution is -0.384. The number of benzene rings is 1. The number of hydrogen-bond acceptors (Lipinski definition) is 5. The van der Waals surface area contributed by atoms with Gasteiger partial charge < -0.3 is 9.80 Å². The minimum Gasteiger partial charge on any atom is -0.368 e. The Morgan fingerprint density at radius 2 is 1.77 bits per heavy atom. The highest BCUT2D eigenvalue weighted by Crippen LogP contribution is 2.34. The van der Waals surface area contributed by atoms with Crippen molar-refractivity contribution in [2.75, 3.05) is 44.2 Å². The summed E-state index contributed by atoms with van der Waals surface area (Å²) in [5.74, 6) is 0.223. The van der Waals surface area contributed by atoms with Crippen molar-refractivity contribution in [1.82, 2.24) is 9.80 Å². The van der Waals surface area contributed by atoms with E-state index in [0.717, 1.165) is 63.4 Å². The van der Waals surface area contributed by atoms with Crippen molar-refractivity contribution < 1.29 is 9.72 Å². The number of aryl methyl sites for hydroxylation is 1. The molecule has 0 radical (unpaired) electrons. The third kappa shape index (κ3) is 3.78. The molecule has 1 unspecified atom stereocenters. The molecule has 0 saturated carbocycles. The van der Waals surface area contributed by atoms with Crippen molar-refractivity contribution in [2.24, 2.45) is 0 Å². The largest absolute Gasteiger partial charge is 0.368 e.